The number of hydrogen-bond acceptors (Lipinski definition) is 3. The van der Waals surface area contributed by atoms with Gasteiger partial charge in [-0.15, -0.1) is 0 Å². The van der Waals surface area contributed by atoms with Crippen LogP contribution in [0.15, 0.2) is 24.4 Å². The van der Waals surface area contributed by atoms with Crippen LogP contribution in [0.5, 0.6) is 0 Å². The number of carbonyl (C=O) groups excluding carboxylic acids is 2. The molecule has 0 radical (unpaired) electrons. The van der Waals surface area contributed by atoms with Gasteiger partial charge in [-0.05, 0) is 25.0 Å². The second kappa shape index (κ2) is 7.06. The van der Waals surface area contributed by atoms with Crippen molar-refractivity contribution in [3.05, 3.63) is 30.1 Å². The van der Waals surface area contributed by atoms with Crippen LogP contribution in [0.2, 0.25) is 0 Å². The van der Waals surface area contributed by atoms with E-state index in [0.717, 1.165) is 18.5 Å². The van der Waals surface area contributed by atoms with E-state index < -0.39 is 6.04 Å². The van der Waals surface area contributed by atoms with Crippen LogP contribution in [-0.2, 0) is 4.79 Å². The normalized spacial score (nSPS) is 19.4. The standard InChI is InChI=1S/C15H22N4O2/c1-3-6-12(11-7-4-5-9-16-11)17-15(21)18-13-8-10-19(2)14(13)20/h4-5,7,9,12-13H,3,6,8,10H2,1-2H3,(H2,17,18,21)/t12-,13+/m1/s1. The van der Waals surface area contributed by atoms with Gasteiger partial charge in [-0.25, -0.2) is 4.79 Å². The number of rotatable bonds is 5. The van der Waals surface area contributed by atoms with E-state index >= 15 is 0 Å². The number of aromatic nitrogens is 1. The number of nitrogens with one attached hydrogen (secondary N) is 2. The molecule has 1 aliphatic heterocycles. The first kappa shape index (κ1) is 15.3. The van der Waals surface area contributed by atoms with Crippen molar-refractivity contribution >= 4 is 11.9 Å². The Labute approximate surface area is 124 Å². The lowest BCUT2D eigenvalue weighted by atomic mass is 10.1. The lowest BCUT2D eigenvalue weighted by Gasteiger charge is -2.19. The topological polar surface area (TPSA) is 74.3 Å². The molecule has 0 aliphatic carbocycles. The van der Waals surface area contributed by atoms with Gasteiger partial charge in [0.15, 0.2) is 0 Å². The Hall–Kier alpha value is -2.11. The molecule has 114 valence electrons. The van der Waals surface area contributed by atoms with Gasteiger partial charge in [-0.1, -0.05) is 19.4 Å². The molecule has 2 atom stereocenters. The molecule has 0 bridgehead atoms. The van der Waals surface area contributed by atoms with Gasteiger partial charge in [0.1, 0.15) is 6.04 Å². The molecule has 2 N–H and O–H groups in total. The molecule has 0 saturated carbocycles. The number of likely N-dealkylation sites (tertiary alicyclic amines) is 1. The molecule has 0 spiro atoms. The summed E-state index contributed by atoms with van der Waals surface area (Å²) in [4.78, 5) is 29.8. The van der Waals surface area contributed by atoms with Gasteiger partial charge >= 0.3 is 6.03 Å². The van der Waals surface area contributed by atoms with Gasteiger partial charge in [0.05, 0.1) is 11.7 Å². The fraction of sp³-hybridized carbons (Fsp3) is 0.533. The molecule has 0 unspecified atom stereocenters. The number of hydrogen-bond donors (Lipinski definition) is 2. The number of nitrogens with zero attached hydrogens (tertiary/aromatic N) is 2. The highest BCUT2D eigenvalue weighted by molar-refractivity contribution is 5.88. The summed E-state index contributed by atoms with van der Waals surface area (Å²) in [6, 6.07) is 4.79. The zero-order valence-electron chi connectivity index (χ0n) is 12.5. The van der Waals surface area contributed by atoms with Crippen molar-refractivity contribution in [3.8, 4) is 0 Å². The lowest BCUT2D eigenvalue weighted by Crippen LogP contribution is -2.46. The Balaban J connectivity index is 1.94. The minimum Gasteiger partial charge on any atom is -0.344 e. The van der Waals surface area contributed by atoms with Crippen LogP contribution in [0.4, 0.5) is 4.79 Å². The van der Waals surface area contributed by atoms with Gasteiger partial charge in [-0.2, -0.15) is 0 Å². The second-order valence-electron chi connectivity index (χ2n) is 5.31. The number of amides is 3. The van der Waals surface area contributed by atoms with Crippen LogP contribution >= 0.6 is 0 Å². The van der Waals surface area contributed by atoms with Crippen molar-refractivity contribution in [3.63, 3.8) is 0 Å². The molecule has 21 heavy (non-hydrogen) atoms. The Kier molecular flexibility index (Phi) is 5.14. The minimum atomic E-state index is -0.416. The summed E-state index contributed by atoms with van der Waals surface area (Å²) in [6.45, 7) is 2.74. The van der Waals surface area contributed by atoms with Crippen LogP contribution in [-0.4, -0.2) is 41.5 Å². The minimum absolute atomic E-state index is 0.0324. The maximum Gasteiger partial charge on any atom is 0.315 e. The summed E-state index contributed by atoms with van der Waals surface area (Å²) in [7, 11) is 1.75. The summed E-state index contributed by atoms with van der Waals surface area (Å²) in [5.41, 5.74) is 0.837. The molecule has 1 aromatic heterocycles. The predicted molar refractivity (Wildman–Crippen MR) is 79.6 cm³/mol. The van der Waals surface area contributed by atoms with Crippen molar-refractivity contribution < 1.29 is 9.59 Å². The molecule has 1 saturated heterocycles. The Morgan fingerprint density at radius 1 is 1.52 bits per heavy atom. The molecule has 6 heteroatoms. The first-order valence-corrected chi connectivity index (χ1v) is 7.34. The summed E-state index contributed by atoms with van der Waals surface area (Å²) in [5.74, 6) is -0.0324. The quantitative estimate of drug-likeness (QED) is 0.862. The Morgan fingerprint density at radius 3 is 2.90 bits per heavy atom. The van der Waals surface area contributed by atoms with E-state index in [9.17, 15) is 9.59 Å². The summed E-state index contributed by atoms with van der Waals surface area (Å²) < 4.78 is 0. The number of carbonyl (C=O) groups is 2. The predicted octanol–water partition coefficient (Wildman–Crippen LogP) is 1.45. The van der Waals surface area contributed by atoms with Crippen molar-refractivity contribution in [2.75, 3.05) is 13.6 Å². The summed E-state index contributed by atoms with van der Waals surface area (Å²) >= 11 is 0. The average molecular weight is 290 g/mol. The maximum absolute atomic E-state index is 12.1. The maximum atomic E-state index is 12.1. The zero-order chi connectivity index (χ0) is 15.2. The van der Waals surface area contributed by atoms with Gasteiger partial charge in [0.25, 0.3) is 0 Å². The highest BCUT2D eigenvalue weighted by Gasteiger charge is 2.30. The number of urea groups is 1. The third-order valence-corrected chi connectivity index (χ3v) is 3.66. The van der Waals surface area contributed by atoms with Crippen LogP contribution in [0.1, 0.15) is 37.9 Å². The highest BCUT2D eigenvalue weighted by Crippen LogP contribution is 2.16. The molecule has 2 heterocycles. The molecule has 2 rings (SSSR count). The average Bonchev–Trinajstić information content (AvgIpc) is 2.80. The van der Waals surface area contributed by atoms with Crippen molar-refractivity contribution in [1.29, 1.82) is 0 Å². The molecule has 3 amide bonds. The van der Waals surface area contributed by atoms with E-state index in [0.29, 0.717) is 13.0 Å². The van der Waals surface area contributed by atoms with Crippen LogP contribution in [0, 0.1) is 0 Å². The molecule has 1 aromatic rings. The number of pyridine rings is 1. The van der Waals surface area contributed by atoms with Gasteiger partial charge < -0.3 is 15.5 Å². The molecule has 1 fully saturated rings. The largest absolute Gasteiger partial charge is 0.344 e. The van der Waals surface area contributed by atoms with E-state index in [4.69, 9.17) is 0 Å². The lowest BCUT2D eigenvalue weighted by molar-refractivity contribution is -0.128. The number of likely N-dealkylation sites (N-methyl/N-ethyl adjacent to an activating group) is 1. The smallest absolute Gasteiger partial charge is 0.315 e. The molecule has 6 nitrogen and oxygen atoms in total. The summed E-state index contributed by atoms with van der Waals surface area (Å²) in [6.07, 6.45) is 4.12. The van der Waals surface area contributed by atoms with Crippen molar-refractivity contribution in [2.45, 2.75) is 38.3 Å². The third kappa shape index (κ3) is 3.93. The Bertz CT molecular complexity index is 492. The molecular formula is C15H22N4O2. The van der Waals surface area contributed by atoms with E-state index in [1.54, 1.807) is 18.1 Å². The van der Waals surface area contributed by atoms with Gasteiger partial charge in [0, 0.05) is 19.8 Å². The molecular weight excluding hydrogens is 268 g/mol. The van der Waals surface area contributed by atoms with Crippen LogP contribution in [0.3, 0.4) is 0 Å². The van der Waals surface area contributed by atoms with Gasteiger partial charge in [-0.3, -0.25) is 9.78 Å². The second-order valence-corrected chi connectivity index (χ2v) is 5.31. The van der Waals surface area contributed by atoms with E-state index in [1.165, 1.54) is 0 Å². The van der Waals surface area contributed by atoms with Crippen LogP contribution < -0.4 is 10.6 Å². The zero-order valence-corrected chi connectivity index (χ0v) is 12.5. The van der Waals surface area contributed by atoms with E-state index in [1.807, 2.05) is 18.2 Å². The van der Waals surface area contributed by atoms with E-state index in [2.05, 4.69) is 22.5 Å². The van der Waals surface area contributed by atoms with Crippen LogP contribution in [0.25, 0.3) is 0 Å². The summed E-state index contributed by atoms with van der Waals surface area (Å²) in [5, 5.41) is 5.66. The fourth-order valence-corrected chi connectivity index (χ4v) is 2.48. The monoisotopic (exact) mass is 290 g/mol. The first-order valence-electron chi connectivity index (χ1n) is 7.34. The van der Waals surface area contributed by atoms with Crippen molar-refractivity contribution in [2.24, 2.45) is 0 Å². The Morgan fingerprint density at radius 2 is 2.33 bits per heavy atom. The molecule has 1 aliphatic rings. The first-order chi connectivity index (χ1) is 10.1. The van der Waals surface area contributed by atoms with Gasteiger partial charge in [0.2, 0.25) is 5.91 Å². The third-order valence-electron chi connectivity index (χ3n) is 3.66. The molecule has 0 aromatic carbocycles. The van der Waals surface area contributed by atoms with Crippen molar-refractivity contribution in [1.82, 2.24) is 20.5 Å². The SMILES string of the molecule is CCC[C@@H](NC(=O)N[C@H]1CCN(C)C1=O)c1ccccn1. The highest BCUT2D eigenvalue weighted by atomic mass is 16.2. The fourth-order valence-electron chi connectivity index (χ4n) is 2.48. The van der Waals surface area contributed by atoms with E-state index in [-0.39, 0.29) is 18.0 Å².